The van der Waals surface area contributed by atoms with E-state index >= 15 is 0 Å². The van der Waals surface area contributed by atoms with E-state index in [-0.39, 0.29) is 0 Å². The summed E-state index contributed by atoms with van der Waals surface area (Å²) in [5, 5.41) is 0.694. The Kier molecular flexibility index (Phi) is 2.28. The van der Waals surface area contributed by atoms with Crippen molar-refractivity contribution < 1.29 is 4.42 Å². The van der Waals surface area contributed by atoms with Gasteiger partial charge in [0.25, 0.3) is 7.11 Å². The Morgan fingerprint density at radius 1 is 1.38 bits per heavy atom. The molecule has 0 saturated heterocycles. The first-order chi connectivity index (χ1) is 6.31. The van der Waals surface area contributed by atoms with Crippen LogP contribution >= 0.6 is 11.6 Å². The normalized spacial score (nSPS) is 24.2. The van der Waals surface area contributed by atoms with Crippen molar-refractivity contribution in [3.05, 3.63) is 40.8 Å². The number of hydrogen-bond donors (Lipinski definition) is 0. The Bertz CT molecular complexity index is 339. The third-order valence-corrected chi connectivity index (χ3v) is 2.64. The van der Waals surface area contributed by atoms with Crippen molar-refractivity contribution >= 4 is 17.4 Å². The van der Waals surface area contributed by atoms with E-state index in [4.69, 9.17) is 16.0 Å². The monoisotopic (exact) mass is 194 g/mol. The fraction of sp³-hybridized carbons (Fsp3) is 0.273. The Morgan fingerprint density at radius 3 is 2.62 bits per heavy atom. The van der Waals surface area contributed by atoms with Crippen molar-refractivity contribution in [2.75, 3.05) is 7.11 Å². The molecule has 0 bridgehead atoms. The third-order valence-electron chi connectivity index (χ3n) is 2.34. The number of rotatable bonds is 0. The highest BCUT2D eigenvalue weighted by molar-refractivity contribution is 6.44. The summed E-state index contributed by atoms with van der Waals surface area (Å²) in [6, 6.07) is 0. The van der Waals surface area contributed by atoms with Gasteiger partial charge in [-0.15, -0.1) is 0 Å². The van der Waals surface area contributed by atoms with Gasteiger partial charge in [0.2, 0.25) is 0 Å². The maximum absolute atomic E-state index is 6.01. The number of halogens is 1. The molecule has 0 unspecified atom stereocenters. The first-order valence-electron chi connectivity index (χ1n) is 4.31. The standard InChI is InChI=1S/C11H11ClO/c1-13-11-6-5-9(7-10(11)12)8-3-2-4-8/h2,5-7H,3-4H2,1H3/q+2. The second-order valence-corrected chi connectivity index (χ2v) is 3.56. The average Bonchev–Trinajstić information content (AvgIpc) is 2.01. The summed E-state index contributed by atoms with van der Waals surface area (Å²) in [7, 11) is 1.63. The molecule has 1 saturated carbocycles. The van der Waals surface area contributed by atoms with E-state index in [0.717, 1.165) is 18.6 Å². The molecule has 0 atom stereocenters. The summed E-state index contributed by atoms with van der Waals surface area (Å²) < 4.78 is 5.08. The minimum atomic E-state index is 0.694. The SMILES string of the molecule is C[O+]=C1C=CC(=C2C[CH+]C2)C=C1Cl. The van der Waals surface area contributed by atoms with Crippen molar-refractivity contribution in [3.63, 3.8) is 0 Å². The second kappa shape index (κ2) is 3.43. The van der Waals surface area contributed by atoms with Crippen molar-refractivity contribution in [3.8, 4) is 0 Å². The predicted molar refractivity (Wildman–Crippen MR) is 54.6 cm³/mol. The second-order valence-electron chi connectivity index (χ2n) is 3.15. The summed E-state index contributed by atoms with van der Waals surface area (Å²) >= 11 is 6.01. The molecule has 1 fully saturated rings. The summed E-state index contributed by atoms with van der Waals surface area (Å²) in [5.74, 6) is 0.745. The molecule has 0 amide bonds. The van der Waals surface area contributed by atoms with Gasteiger partial charge in [0, 0.05) is 11.6 Å². The number of carbonyl (C=O) groups excluding carboxylic acids is 1. The van der Waals surface area contributed by atoms with Crippen LogP contribution in [0.3, 0.4) is 0 Å². The summed E-state index contributed by atoms with van der Waals surface area (Å²) in [5.41, 5.74) is 2.71. The van der Waals surface area contributed by atoms with Crippen LogP contribution in [-0.4, -0.2) is 12.9 Å². The van der Waals surface area contributed by atoms with E-state index in [1.54, 1.807) is 7.11 Å². The number of ketones is 1. The molecular formula is C11H11ClO+2. The molecule has 0 radical (unpaired) electrons. The van der Waals surface area contributed by atoms with Crippen LogP contribution in [0.4, 0.5) is 0 Å². The Balaban J connectivity index is 2.30. The van der Waals surface area contributed by atoms with Gasteiger partial charge in [-0.1, -0.05) is 11.6 Å². The molecule has 66 valence electrons. The molecule has 0 aromatic rings. The first kappa shape index (κ1) is 8.64. The largest absolute Gasteiger partial charge is 0.361 e. The van der Waals surface area contributed by atoms with Gasteiger partial charge in [0.05, 0.1) is 6.42 Å². The van der Waals surface area contributed by atoms with Gasteiger partial charge < -0.3 is 0 Å². The maximum Gasteiger partial charge on any atom is 0.361 e. The van der Waals surface area contributed by atoms with Crippen molar-refractivity contribution in [1.29, 1.82) is 0 Å². The molecule has 1 nitrogen and oxygen atoms in total. The Labute approximate surface area is 83.1 Å². The quantitative estimate of drug-likeness (QED) is 0.415. The number of hydrogen-bond acceptors (Lipinski definition) is 0. The molecule has 2 rings (SSSR count). The third kappa shape index (κ3) is 1.56. The summed E-state index contributed by atoms with van der Waals surface area (Å²) in [6.07, 6.45) is 10.4. The van der Waals surface area contributed by atoms with Gasteiger partial charge in [-0.3, -0.25) is 4.42 Å². The molecule has 0 aromatic carbocycles. The van der Waals surface area contributed by atoms with Crippen LogP contribution in [-0.2, 0) is 4.42 Å². The molecule has 0 aromatic heterocycles. The zero-order chi connectivity index (χ0) is 9.26. The fourth-order valence-electron chi connectivity index (χ4n) is 1.41. The van der Waals surface area contributed by atoms with E-state index < -0.39 is 0 Å². The minimum Gasteiger partial charge on any atom is -0.256 e. The van der Waals surface area contributed by atoms with E-state index in [1.165, 1.54) is 11.1 Å². The smallest absolute Gasteiger partial charge is 0.256 e. The molecule has 0 N–H and O–H groups in total. The van der Waals surface area contributed by atoms with Crippen molar-refractivity contribution in [2.24, 2.45) is 0 Å². The Hall–Kier alpha value is -0.950. The first-order valence-corrected chi connectivity index (χ1v) is 4.69. The van der Waals surface area contributed by atoms with E-state index in [9.17, 15) is 0 Å². The lowest BCUT2D eigenvalue weighted by Crippen LogP contribution is -2.06. The summed E-state index contributed by atoms with van der Waals surface area (Å²) in [6.45, 7) is 0. The lowest BCUT2D eigenvalue weighted by molar-refractivity contribution is -0.418. The highest BCUT2D eigenvalue weighted by Gasteiger charge is 2.25. The van der Waals surface area contributed by atoms with Gasteiger partial charge in [-0.05, 0) is 17.7 Å². The molecular weight excluding hydrogens is 184 g/mol. The number of allylic oxidation sites excluding steroid dienone is 6. The molecule has 0 spiro atoms. The van der Waals surface area contributed by atoms with Crippen LogP contribution in [0.1, 0.15) is 12.8 Å². The lowest BCUT2D eigenvalue weighted by atomic mass is 9.86. The highest BCUT2D eigenvalue weighted by Crippen LogP contribution is 2.31. The zero-order valence-corrected chi connectivity index (χ0v) is 8.27. The summed E-state index contributed by atoms with van der Waals surface area (Å²) in [4.78, 5) is 0. The van der Waals surface area contributed by atoms with Crippen LogP contribution in [0.2, 0.25) is 0 Å². The van der Waals surface area contributed by atoms with E-state index in [0.29, 0.717) is 5.03 Å². The predicted octanol–water partition coefficient (Wildman–Crippen LogP) is 2.71. The molecule has 2 aliphatic rings. The average molecular weight is 195 g/mol. The Morgan fingerprint density at radius 2 is 2.15 bits per heavy atom. The van der Waals surface area contributed by atoms with Gasteiger partial charge in [-0.25, -0.2) is 0 Å². The topological polar surface area (TPSA) is 11.3 Å². The van der Waals surface area contributed by atoms with E-state index in [2.05, 4.69) is 12.5 Å². The lowest BCUT2D eigenvalue weighted by Gasteiger charge is -2.11. The van der Waals surface area contributed by atoms with Gasteiger partial charge in [0.1, 0.15) is 17.9 Å². The fourth-order valence-corrected chi connectivity index (χ4v) is 1.67. The van der Waals surface area contributed by atoms with Crippen LogP contribution in [0.5, 0.6) is 0 Å². The molecule has 13 heavy (non-hydrogen) atoms. The van der Waals surface area contributed by atoms with Crippen molar-refractivity contribution in [1.82, 2.24) is 0 Å². The van der Waals surface area contributed by atoms with Crippen LogP contribution in [0, 0.1) is 6.42 Å². The molecule has 0 aliphatic heterocycles. The molecule has 2 heteroatoms. The van der Waals surface area contributed by atoms with Gasteiger partial charge in [0.15, 0.2) is 0 Å². The highest BCUT2D eigenvalue weighted by atomic mass is 35.5. The van der Waals surface area contributed by atoms with E-state index in [1.807, 2.05) is 12.2 Å². The van der Waals surface area contributed by atoms with Crippen LogP contribution in [0.25, 0.3) is 0 Å². The van der Waals surface area contributed by atoms with Crippen molar-refractivity contribution in [2.45, 2.75) is 12.8 Å². The minimum absolute atomic E-state index is 0.694. The van der Waals surface area contributed by atoms with Gasteiger partial charge in [-0.2, -0.15) is 0 Å². The maximum atomic E-state index is 6.01. The zero-order valence-electron chi connectivity index (χ0n) is 7.51. The van der Waals surface area contributed by atoms with Crippen LogP contribution < -0.4 is 0 Å². The van der Waals surface area contributed by atoms with Crippen LogP contribution in [0.15, 0.2) is 34.4 Å². The molecule has 0 heterocycles. The molecule has 2 aliphatic carbocycles. The van der Waals surface area contributed by atoms with Gasteiger partial charge >= 0.3 is 5.78 Å².